The first-order valence-corrected chi connectivity index (χ1v) is 7.07. The van der Waals surface area contributed by atoms with Crippen molar-refractivity contribution >= 4 is 34.3 Å². The van der Waals surface area contributed by atoms with Crippen LogP contribution in [-0.2, 0) is 14.3 Å². The van der Waals surface area contributed by atoms with Crippen molar-refractivity contribution in [3.8, 4) is 0 Å². The molecule has 0 radical (unpaired) electrons. The molecule has 8 nitrogen and oxygen atoms in total. The van der Waals surface area contributed by atoms with Crippen LogP contribution in [-0.4, -0.2) is 47.6 Å². The first-order valence-electron chi connectivity index (χ1n) is 6.19. The summed E-state index contributed by atoms with van der Waals surface area (Å²) >= 11 is 1.09. The summed E-state index contributed by atoms with van der Waals surface area (Å²) in [6, 6.07) is -1.00. The zero-order chi connectivity index (χ0) is 15.8. The topological polar surface area (TPSA) is 118 Å². The zero-order valence-corrected chi connectivity index (χ0v) is 12.5. The number of nitrogens with zero attached hydrogens (tertiary/aromatic N) is 1. The number of thiazole rings is 1. The third-order valence-corrected chi connectivity index (χ3v) is 3.22. The molecular formula is C12H17N3O5S. The Balaban J connectivity index is 2.62. The van der Waals surface area contributed by atoms with Crippen LogP contribution in [0.4, 0.5) is 5.13 Å². The van der Waals surface area contributed by atoms with Crippen LogP contribution >= 0.6 is 11.3 Å². The quantitative estimate of drug-likeness (QED) is 0.608. The number of aliphatic carboxylic acids is 1. The maximum Gasteiger partial charge on any atom is 0.326 e. The summed E-state index contributed by atoms with van der Waals surface area (Å²) in [6.45, 7) is 1.75. The molecule has 1 atom stereocenters. The lowest BCUT2D eigenvalue weighted by atomic mass is 10.1. The molecule has 9 heteroatoms. The SMILES string of the molecule is COCCCC(NC(=O)c1csc(NC(C)=O)n1)C(=O)O. The summed E-state index contributed by atoms with van der Waals surface area (Å²) in [5, 5.41) is 15.7. The van der Waals surface area contributed by atoms with E-state index >= 15 is 0 Å². The largest absolute Gasteiger partial charge is 0.480 e. The lowest BCUT2D eigenvalue weighted by Gasteiger charge is -2.13. The van der Waals surface area contributed by atoms with Gasteiger partial charge in [0.15, 0.2) is 5.13 Å². The van der Waals surface area contributed by atoms with Crippen LogP contribution in [0.1, 0.15) is 30.3 Å². The highest BCUT2D eigenvalue weighted by molar-refractivity contribution is 7.14. The molecule has 1 aromatic heterocycles. The van der Waals surface area contributed by atoms with Gasteiger partial charge in [-0.15, -0.1) is 11.3 Å². The highest BCUT2D eigenvalue weighted by atomic mass is 32.1. The van der Waals surface area contributed by atoms with E-state index in [-0.39, 0.29) is 18.0 Å². The van der Waals surface area contributed by atoms with E-state index < -0.39 is 17.9 Å². The zero-order valence-electron chi connectivity index (χ0n) is 11.7. The van der Waals surface area contributed by atoms with Gasteiger partial charge in [-0.3, -0.25) is 9.59 Å². The number of hydrogen-bond donors (Lipinski definition) is 3. The Hall–Kier alpha value is -2.00. The molecule has 0 spiro atoms. The van der Waals surface area contributed by atoms with Crippen molar-refractivity contribution in [1.29, 1.82) is 0 Å². The molecule has 116 valence electrons. The maximum absolute atomic E-state index is 11.9. The van der Waals surface area contributed by atoms with Gasteiger partial charge in [-0.2, -0.15) is 0 Å². The third kappa shape index (κ3) is 5.88. The third-order valence-electron chi connectivity index (χ3n) is 2.46. The number of aromatic nitrogens is 1. The summed E-state index contributed by atoms with van der Waals surface area (Å²) in [5.41, 5.74) is 0.0711. The molecule has 1 unspecified atom stereocenters. The minimum Gasteiger partial charge on any atom is -0.480 e. The van der Waals surface area contributed by atoms with Gasteiger partial charge >= 0.3 is 5.97 Å². The first-order chi connectivity index (χ1) is 9.93. The average molecular weight is 315 g/mol. The molecule has 1 rings (SSSR count). The van der Waals surface area contributed by atoms with Crippen LogP contribution in [0.5, 0.6) is 0 Å². The number of carboxylic acid groups (broad SMARTS) is 1. The number of nitrogens with one attached hydrogen (secondary N) is 2. The molecule has 0 aromatic carbocycles. The van der Waals surface area contributed by atoms with E-state index in [1.165, 1.54) is 19.4 Å². The van der Waals surface area contributed by atoms with E-state index in [2.05, 4.69) is 15.6 Å². The van der Waals surface area contributed by atoms with Gasteiger partial charge in [0.05, 0.1) is 0 Å². The lowest BCUT2D eigenvalue weighted by Crippen LogP contribution is -2.41. The summed E-state index contributed by atoms with van der Waals surface area (Å²) in [7, 11) is 1.52. The van der Waals surface area contributed by atoms with E-state index in [1.54, 1.807) is 0 Å². The molecule has 2 amide bonds. The van der Waals surface area contributed by atoms with Gasteiger partial charge in [-0.05, 0) is 12.8 Å². The molecule has 0 aliphatic carbocycles. The highest BCUT2D eigenvalue weighted by Crippen LogP contribution is 2.15. The fourth-order valence-electron chi connectivity index (χ4n) is 1.51. The molecule has 0 saturated heterocycles. The number of methoxy groups -OCH3 is 1. The van der Waals surface area contributed by atoms with E-state index in [9.17, 15) is 14.4 Å². The minimum absolute atomic E-state index is 0.0711. The first kappa shape index (κ1) is 17.1. The summed E-state index contributed by atoms with van der Waals surface area (Å²) < 4.78 is 4.85. The summed E-state index contributed by atoms with van der Waals surface area (Å²) in [6.07, 6.45) is 0.777. The monoisotopic (exact) mass is 315 g/mol. The van der Waals surface area contributed by atoms with Crippen molar-refractivity contribution in [2.24, 2.45) is 0 Å². The van der Waals surface area contributed by atoms with Crippen molar-refractivity contribution in [3.63, 3.8) is 0 Å². The highest BCUT2D eigenvalue weighted by Gasteiger charge is 2.21. The second-order valence-electron chi connectivity index (χ2n) is 4.22. The minimum atomic E-state index is -1.11. The smallest absolute Gasteiger partial charge is 0.326 e. The molecule has 0 aliphatic rings. The van der Waals surface area contributed by atoms with Crippen molar-refractivity contribution < 1.29 is 24.2 Å². The predicted octanol–water partition coefficient (Wildman–Crippen LogP) is 0.711. The van der Waals surface area contributed by atoms with Gasteiger partial charge in [-0.1, -0.05) is 0 Å². The Morgan fingerprint density at radius 2 is 2.19 bits per heavy atom. The Morgan fingerprint density at radius 3 is 2.76 bits per heavy atom. The number of carboxylic acids is 1. The molecular weight excluding hydrogens is 298 g/mol. The number of carbonyl (C=O) groups is 3. The Labute approximate surface area is 125 Å². The van der Waals surface area contributed by atoms with Crippen LogP contribution in [0.25, 0.3) is 0 Å². The Kier molecular flexibility index (Phi) is 6.76. The molecule has 0 fully saturated rings. The van der Waals surface area contributed by atoms with Crippen LogP contribution in [0.15, 0.2) is 5.38 Å². The number of carbonyl (C=O) groups excluding carboxylic acids is 2. The van der Waals surface area contributed by atoms with E-state index in [4.69, 9.17) is 9.84 Å². The Morgan fingerprint density at radius 1 is 1.48 bits per heavy atom. The standard InChI is InChI=1S/C12H17N3O5S/c1-7(16)13-12-15-9(6-21-12)10(17)14-8(11(18)19)4-3-5-20-2/h6,8H,3-5H2,1-2H3,(H,14,17)(H,18,19)(H,13,15,16). The predicted molar refractivity (Wildman–Crippen MR) is 76.4 cm³/mol. The molecule has 0 aliphatic heterocycles. The maximum atomic E-state index is 11.9. The van der Waals surface area contributed by atoms with Crippen molar-refractivity contribution in [1.82, 2.24) is 10.3 Å². The van der Waals surface area contributed by atoms with Crippen LogP contribution < -0.4 is 10.6 Å². The van der Waals surface area contributed by atoms with Crippen LogP contribution in [0, 0.1) is 0 Å². The number of ether oxygens (including phenoxy) is 1. The van der Waals surface area contributed by atoms with Gasteiger partial charge in [0.2, 0.25) is 5.91 Å². The van der Waals surface area contributed by atoms with E-state index in [0.29, 0.717) is 18.2 Å². The van der Waals surface area contributed by atoms with Crippen LogP contribution in [0.2, 0.25) is 0 Å². The molecule has 0 saturated carbocycles. The van der Waals surface area contributed by atoms with Gasteiger partial charge < -0.3 is 20.5 Å². The lowest BCUT2D eigenvalue weighted by molar-refractivity contribution is -0.139. The number of hydrogen-bond acceptors (Lipinski definition) is 6. The number of amides is 2. The van der Waals surface area contributed by atoms with Crippen LogP contribution in [0.3, 0.4) is 0 Å². The second kappa shape index (κ2) is 8.32. The van der Waals surface area contributed by atoms with Gasteiger partial charge in [0.1, 0.15) is 11.7 Å². The molecule has 21 heavy (non-hydrogen) atoms. The molecule has 1 heterocycles. The number of anilines is 1. The second-order valence-corrected chi connectivity index (χ2v) is 5.08. The molecule has 3 N–H and O–H groups in total. The molecule has 1 aromatic rings. The van der Waals surface area contributed by atoms with Crippen molar-refractivity contribution in [2.45, 2.75) is 25.8 Å². The van der Waals surface area contributed by atoms with Gasteiger partial charge in [0.25, 0.3) is 5.91 Å². The molecule has 0 bridgehead atoms. The number of rotatable bonds is 8. The van der Waals surface area contributed by atoms with E-state index in [1.807, 2.05) is 0 Å². The van der Waals surface area contributed by atoms with E-state index in [0.717, 1.165) is 11.3 Å². The Bertz CT molecular complexity index is 517. The average Bonchev–Trinajstić information content (AvgIpc) is 2.85. The van der Waals surface area contributed by atoms with Gasteiger partial charge in [-0.25, -0.2) is 9.78 Å². The fraction of sp³-hybridized carbons (Fsp3) is 0.500. The normalized spacial score (nSPS) is 11.7. The van der Waals surface area contributed by atoms with Crippen molar-refractivity contribution in [3.05, 3.63) is 11.1 Å². The fourth-order valence-corrected chi connectivity index (χ4v) is 2.24. The summed E-state index contributed by atoms with van der Waals surface area (Å²) in [4.78, 5) is 37.8. The van der Waals surface area contributed by atoms with Crippen molar-refractivity contribution in [2.75, 3.05) is 19.0 Å². The van der Waals surface area contributed by atoms with Gasteiger partial charge in [0, 0.05) is 26.0 Å². The summed E-state index contributed by atoms with van der Waals surface area (Å²) in [5.74, 6) is -2.00.